The molecule has 142 valence electrons. The monoisotopic (exact) mass is 365 g/mol. The van der Waals surface area contributed by atoms with Gasteiger partial charge in [0, 0.05) is 43.0 Å². The minimum absolute atomic E-state index is 0.00748. The lowest BCUT2D eigenvalue weighted by atomic mass is 10.1. The van der Waals surface area contributed by atoms with Gasteiger partial charge in [0.05, 0.1) is 0 Å². The Morgan fingerprint density at radius 3 is 2.33 bits per heavy atom. The number of aryl methyl sites for hydroxylation is 2. The van der Waals surface area contributed by atoms with Crippen molar-refractivity contribution in [3.63, 3.8) is 0 Å². The summed E-state index contributed by atoms with van der Waals surface area (Å²) in [4.78, 5) is 29.6. The van der Waals surface area contributed by atoms with E-state index in [-0.39, 0.29) is 11.8 Å². The van der Waals surface area contributed by atoms with E-state index in [0.29, 0.717) is 11.1 Å². The van der Waals surface area contributed by atoms with Gasteiger partial charge in [-0.15, -0.1) is 0 Å². The van der Waals surface area contributed by atoms with E-state index in [1.54, 1.807) is 24.3 Å². The molecule has 2 aromatic carbocycles. The summed E-state index contributed by atoms with van der Waals surface area (Å²) < 4.78 is 0. The molecule has 0 aliphatic carbocycles. The maximum atomic E-state index is 12.8. The van der Waals surface area contributed by atoms with Crippen molar-refractivity contribution in [2.45, 2.75) is 20.8 Å². The van der Waals surface area contributed by atoms with Gasteiger partial charge in [-0.1, -0.05) is 30.7 Å². The summed E-state index contributed by atoms with van der Waals surface area (Å²) in [7, 11) is 0. The number of nitrogens with zero attached hydrogens (tertiary/aromatic N) is 2. The number of carbonyl (C=O) groups is 2. The van der Waals surface area contributed by atoms with E-state index in [1.807, 2.05) is 36.9 Å². The molecule has 0 radical (unpaired) electrons. The van der Waals surface area contributed by atoms with Crippen molar-refractivity contribution in [2.24, 2.45) is 0 Å². The molecule has 1 aliphatic rings. The quantitative estimate of drug-likeness (QED) is 0.904. The van der Waals surface area contributed by atoms with E-state index < -0.39 is 0 Å². The van der Waals surface area contributed by atoms with Crippen molar-refractivity contribution in [1.29, 1.82) is 0 Å². The highest BCUT2D eigenvalue weighted by molar-refractivity contribution is 6.06. The third-order valence-corrected chi connectivity index (χ3v) is 5.11. The summed E-state index contributed by atoms with van der Waals surface area (Å²) in [5.74, 6) is -0.209. The van der Waals surface area contributed by atoms with E-state index in [9.17, 15) is 9.59 Å². The number of amides is 2. The maximum absolute atomic E-state index is 12.8. The summed E-state index contributed by atoms with van der Waals surface area (Å²) >= 11 is 0. The number of rotatable bonds is 4. The number of hydrogen-bond donors (Lipinski definition) is 1. The molecule has 0 aromatic heterocycles. The fourth-order valence-electron chi connectivity index (χ4n) is 3.39. The van der Waals surface area contributed by atoms with E-state index in [1.165, 1.54) is 0 Å². The van der Waals surface area contributed by atoms with Crippen molar-refractivity contribution in [3.8, 4) is 0 Å². The number of nitrogens with one attached hydrogen (secondary N) is 1. The highest BCUT2D eigenvalue weighted by Crippen LogP contribution is 2.18. The van der Waals surface area contributed by atoms with Crippen molar-refractivity contribution >= 4 is 17.5 Å². The number of likely N-dealkylation sites (N-methyl/N-ethyl adjacent to an activating group) is 1. The summed E-state index contributed by atoms with van der Waals surface area (Å²) in [5, 5.41) is 2.94. The number of benzene rings is 2. The van der Waals surface area contributed by atoms with Crippen LogP contribution in [0.1, 0.15) is 38.8 Å². The fraction of sp³-hybridized carbons (Fsp3) is 0.364. The molecule has 0 spiro atoms. The number of anilines is 1. The molecule has 1 fully saturated rings. The summed E-state index contributed by atoms with van der Waals surface area (Å²) in [6.07, 6.45) is 0. The lowest BCUT2D eigenvalue weighted by Crippen LogP contribution is -2.48. The second-order valence-corrected chi connectivity index (χ2v) is 7.08. The molecule has 3 rings (SSSR count). The minimum Gasteiger partial charge on any atom is -0.336 e. The van der Waals surface area contributed by atoms with E-state index in [2.05, 4.69) is 17.1 Å². The Hall–Kier alpha value is -2.66. The van der Waals surface area contributed by atoms with Gasteiger partial charge in [0.25, 0.3) is 11.8 Å². The first-order valence-corrected chi connectivity index (χ1v) is 9.48. The molecule has 27 heavy (non-hydrogen) atoms. The van der Waals surface area contributed by atoms with Crippen molar-refractivity contribution in [2.75, 3.05) is 38.0 Å². The molecule has 2 aromatic rings. The van der Waals surface area contributed by atoms with Gasteiger partial charge in [0.15, 0.2) is 0 Å². The average Bonchev–Trinajstić information content (AvgIpc) is 2.69. The molecule has 1 heterocycles. The van der Waals surface area contributed by atoms with Crippen LogP contribution >= 0.6 is 0 Å². The van der Waals surface area contributed by atoms with Crippen LogP contribution in [0.3, 0.4) is 0 Å². The first-order valence-electron chi connectivity index (χ1n) is 9.48. The Labute approximate surface area is 161 Å². The molecule has 0 bridgehead atoms. The first-order chi connectivity index (χ1) is 13.0. The predicted octanol–water partition coefficient (Wildman–Crippen LogP) is 3.33. The standard InChI is InChI=1S/C22H27N3O2/c1-4-24-10-12-25(13-11-24)22(27)19-7-5-6-18(15-19)21(26)23-20-9-8-16(2)14-17(20)3/h5-9,14-15H,4,10-13H2,1-3H3,(H,23,26). The van der Waals surface area contributed by atoms with Crippen LogP contribution in [-0.4, -0.2) is 54.3 Å². The summed E-state index contributed by atoms with van der Waals surface area (Å²) in [6.45, 7) is 10.4. The molecule has 0 atom stereocenters. The molecule has 2 amide bonds. The van der Waals surface area contributed by atoms with Crippen LogP contribution in [0.15, 0.2) is 42.5 Å². The van der Waals surface area contributed by atoms with Gasteiger partial charge in [-0.25, -0.2) is 0 Å². The lowest BCUT2D eigenvalue weighted by molar-refractivity contribution is 0.0643. The largest absolute Gasteiger partial charge is 0.336 e. The van der Waals surface area contributed by atoms with Crippen LogP contribution in [0.25, 0.3) is 0 Å². The van der Waals surface area contributed by atoms with E-state index in [0.717, 1.165) is 49.5 Å². The highest BCUT2D eigenvalue weighted by Gasteiger charge is 2.22. The molecule has 0 saturated carbocycles. The lowest BCUT2D eigenvalue weighted by Gasteiger charge is -2.34. The van der Waals surface area contributed by atoms with Gasteiger partial charge in [0.1, 0.15) is 0 Å². The summed E-state index contributed by atoms with van der Waals surface area (Å²) in [5.41, 5.74) is 4.02. The Kier molecular flexibility index (Phi) is 5.91. The van der Waals surface area contributed by atoms with E-state index >= 15 is 0 Å². The van der Waals surface area contributed by atoms with Crippen LogP contribution < -0.4 is 5.32 Å². The zero-order valence-corrected chi connectivity index (χ0v) is 16.3. The van der Waals surface area contributed by atoms with Crippen molar-refractivity contribution in [1.82, 2.24) is 9.80 Å². The van der Waals surface area contributed by atoms with Gasteiger partial charge < -0.3 is 15.1 Å². The van der Waals surface area contributed by atoms with Gasteiger partial charge in [-0.2, -0.15) is 0 Å². The Bertz CT molecular complexity index is 839. The zero-order chi connectivity index (χ0) is 19.4. The van der Waals surface area contributed by atoms with Crippen LogP contribution in [-0.2, 0) is 0 Å². The molecule has 5 nitrogen and oxygen atoms in total. The van der Waals surface area contributed by atoms with Gasteiger partial charge in [-0.05, 0) is 50.2 Å². The van der Waals surface area contributed by atoms with Gasteiger partial charge >= 0.3 is 0 Å². The van der Waals surface area contributed by atoms with Crippen LogP contribution in [0.4, 0.5) is 5.69 Å². The Morgan fingerprint density at radius 2 is 1.67 bits per heavy atom. The van der Waals surface area contributed by atoms with Gasteiger partial charge in [0.2, 0.25) is 0 Å². The SMILES string of the molecule is CCN1CCN(C(=O)c2cccc(C(=O)Nc3ccc(C)cc3C)c2)CC1. The second kappa shape index (κ2) is 8.35. The molecule has 5 heteroatoms. The number of piperazine rings is 1. The molecule has 1 N–H and O–H groups in total. The first kappa shape index (κ1) is 19.1. The molecular weight excluding hydrogens is 338 g/mol. The smallest absolute Gasteiger partial charge is 0.255 e. The maximum Gasteiger partial charge on any atom is 0.255 e. The van der Waals surface area contributed by atoms with Crippen LogP contribution in [0.5, 0.6) is 0 Å². The fourth-order valence-corrected chi connectivity index (χ4v) is 3.39. The van der Waals surface area contributed by atoms with Crippen molar-refractivity contribution < 1.29 is 9.59 Å². The zero-order valence-electron chi connectivity index (χ0n) is 16.3. The Balaban J connectivity index is 1.71. The molecule has 0 unspecified atom stereocenters. The van der Waals surface area contributed by atoms with Crippen molar-refractivity contribution in [3.05, 3.63) is 64.7 Å². The minimum atomic E-state index is -0.201. The topological polar surface area (TPSA) is 52.7 Å². The Morgan fingerprint density at radius 1 is 0.963 bits per heavy atom. The average molecular weight is 365 g/mol. The highest BCUT2D eigenvalue weighted by atomic mass is 16.2. The third-order valence-electron chi connectivity index (χ3n) is 5.11. The van der Waals surface area contributed by atoms with E-state index in [4.69, 9.17) is 0 Å². The predicted molar refractivity (Wildman–Crippen MR) is 108 cm³/mol. The summed E-state index contributed by atoms with van der Waals surface area (Å²) in [6, 6.07) is 12.9. The normalized spacial score (nSPS) is 14.9. The third kappa shape index (κ3) is 4.55. The molecule has 1 saturated heterocycles. The van der Waals surface area contributed by atoms with Crippen LogP contribution in [0, 0.1) is 13.8 Å². The number of carbonyl (C=O) groups excluding carboxylic acids is 2. The second-order valence-electron chi connectivity index (χ2n) is 7.08. The molecule has 1 aliphatic heterocycles. The van der Waals surface area contributed by atoms with Gasteiger partial charge in [-0.3, -0.25) is 9.59 Å². The number of hydrogen-bond acceptors (Lipinski definition) is 3. The molecular formula is C22H27N3O2. The van der Waals surface area contributed by atoms with Crippen LogP contribution in [0.2, 0.25) is 0 Å².